The van der Waals surface area contributed by atoms with E-state index < -0.39 is 33.2 Å². The highest BCUT2D eigenvalue weighted by molar-refractivity contribution is 7.89. The number of nitrogens with zero attached hydrogens (tertiary/aromatic N) is 1. The number of nitrogens with one attached hydrogen (secondary N) is 2. The van der Waals surface area contributed by atoms with E-state index in [-0.39, 0.29) is 28.3 Å². The van der Waals surface area contributed by atoms with Gasteiger partial charge in [-0.1, -0.05) is 30.3 Å². The fraction of sp³-hybridized carbons (Fsp3) is 0.259. The van der Waals surface area contributed by atoms with Crippen LogP contribution in [0.2, 0.25) is 0 Å². The van der Waals surface area contributed by atoms with E-state index in [0.717, 1.165) is 6.07 Å². The molecule has 4 rings (SSSR count). The molecular formula is C27H26F3N3O3S. The smallest absolute Gasteiger partial charge is 0.324 e. The largest absolute Gasteiger partial charge is 0.416 e. The molecule has 37 heavy (non-hydrogen) atoms. The van der Waals surface area contributed by atoms with Crippen LogP contribution in [0.5, 0.6) is 0 Å². The standard InChI is InChI=1S/C27H26F3N3O3S/c1-16-11-23-24(14-21(16)27(28,29)30)32-25(34)15-22(31-23)19-9-5-7-17(12-19)18-8-6-10-20(13-18)37(35,36)33-26(2,3)4/h5-14,33H,15H2,1-4H3,(H,32,34). The van der Waals surface area contributed by atoms with Crippen molar-refractivity contribution in [1.29, 1.82) is 0 Å². The van der Waals surface area contributed by atoms with Gasteiger partial charge in [-0.2, -0.15) is 13.2 Å². The minimum absolute atomic E-state index is 0.00106. The Morgan fingerprint density at radius 3 is 2.19 bits per heavy atom. The molecule has 1 aliphatic rings. The number of carbonyl (C=O) groups excluding carboxylic acids is 1. The van der Waals surface area contributed by atoms with Crippen LogP contribution in [0.15, 0.2) is 70.6 Å². The Labute approximate surface area is 213 Å². The predicted octanol–water partition coefficient (Wildman–Crippen LogP) is 6.22. The molecule has 1 heterocycles. The second kappa shape index (κ2) is 9.42. The molecule has 194 valence electrons. The number of sulfonamides is 1. The highest BCUT2D eigenvalue weighted by Gasteiger charge is 2.34. The van der Waals surface area contributed by atoms with Crippen LogP contribution >= 0.6 is 0 Å². The van der Waals surface area contributed by atoms with Crippen molar-refractivity contribution < 1.29 is 26.4 Å². The second-order valence-electron chi connectivity index (χ2n) is 9.93. The third-order valence-electron chi connectivity index (χ3n) is 5.62. The number of fused-ring (bicyclic) bond motifs is 1. The van der Waals surface area contributed by atoms with Gasteiger partial charge >= 0.3 is 6.18 Å². The lowest BCUT2D eigenvalue weighted by molar-refractivity contribution is -0.138. The molecule has 0 fully saturated rings. The van der Waals surface area contributed by atoms with Crippen LogP contribution in [0.4, 0.5) is 24.5 Å². The number of hydrogen-bond donors (Lipinski definition) is 2. The number of aliphatic imine (C=N–C) groups is 1. The van der Waals surface area contributed by atoms with Crippen molar-refractivity contribution in [2.75, 3.05) is 5.32 Å². The van der Waals surface area contributed by atoms with E-state index in [0.29, 0.717) is 22.4 Å². The zero-order valence-electron chi connectivity index (χ0n) is 20.7. The summed E-state index contributed by atoms with van der Waals surface area (Å²) in [6.45, 7) is 6.61. The van der Waals surface area contributed by atoms with Gasteiger partial charge in [-0.3, -0.25) is 9.79 Å². The summed E-state index contributed by atoms with van der Waals surface area (Å²) in [6, 6.07) is 15.8. The van der Waals surface area contributed by atoms with E-state index in [1.807, 2.05) is 0 Å². The molecule has 0 spiro atoms. The minimum Gasteiger partial charge on any atom is -0.324 e. The summed E-state index contributed by atoms with van der Waals surface area (Å²) in [4.78, 5) is 17.2. The van der Waals surface area contributed by atoms with Crippen LogP contribution in [0.3, 0.4) is 0 Å². The summed E-state index contributed by atoms with van der Waals surface area (Å²) in [6.07, 6.45) is -4.69. The Balaban J connectivity index is 1.74. The number of anilines is 1. The molecule has 0 atom stereocenters. The van der Waals surface area contributed by atoms with Gasteiger partial charge < -0.3 is 5.32 Å². The molecular weight excluding hydrogens is 503 g/mol. The van der Waals surface area contributed by atoms with Gasteiger partial charge in [0.25, 0.3) is 0 Å². The fourth-order valence-corrected chi connectivity index (χ4v) is 5.54. The lowest BCUT2D eigenvalue weighted by Gasteiger charge is -2.20. The summed E-state index contributed by atoms with van der Waals surface area (Å²) in [5.41, 5.74) is 1.07. The highest BCUT2D eigenvalue weighted by atomic mass is 32.2. The topological polar surface area (TPSA) is 87.6 Å². The first-order chi connectivity index (χ1) is 17.1. The minimum atomic E-state index is -4.55. The van der Waals surface area contributed by atoms with Gasteiger partial charge in [0.15, 0.2) is 0 Å². The van der Waals surface area contributed by atoms with Gasteiger partial charge in [0.1, 0.15) is 0 Å². The lowest BCUT2D eigenvalue weighted by Crippen LogP contribution is -2.40. The molecule has 0 saturated heterocycles. The number of carbonyl (C=O) groups is 1. The predicted molar refractivity (Wildman–Crippen MR) is 138 cm³/mol. The molecule has 0 aromatic heterocycles. The Morgan fingerprint density at radius 1 is 0.919 bits per heavy atom. The van der Waals surface area contributed by atoms with Gasteiger partial charge in [0.05, 0.1) is 34.0 Å². The molecule has 0 bridgehead atoms. The van der Waals surface area contributed by atoms with Gasteiger partial charge in [0.2, 0.25) is 15.9 Å². The Morgan fingerprint density at radius 2 is 1.54 bits per heavy atom. The monoisotopic (exact) mass is 529 g/mol. The number of halogens is 3. The third-order valence-corrected chi connectivity index (χ3v) is 7.38. The first kappa shape index (κ1) is 26.6. The van der Waals surface area contributed by atoms with Gasteiger partial charge in [-0.15, -0.1) is 0 Å². The average molecular weight is 530 g/mol. The number of benzene rings is 3. The summed E-state index contributed by atoms with van der Waals surface area (Å²) in [5.74, 6) is -0.485. The molecule has 10 heteroatoms. The maximum absolute atomic E-state index is 13.4. The van der Waals surface area contributed by atoms with E-state index in [9.17, 15) is 26.4 Å². The van der Waals surface area contributed by atoms with E-state index >= 15 is 0 Å². The normalized spacial score (nSPS) is 14.5. The first-order valence-corrected chi connectivity index (χ1v) is 12.9. The molecule has 2 N–H and O–H groups in total. The molecule has 6 nitrogen and oxygen atoms in total. The number of rotatable bonds is 4. The van der Waals surface area contributed by atoms with Crippen molar-refractivity contribution in [3.8, 4) is 11.1 Å². The van der Waals surface area contributed by atoms with Gasteiger partial charge in [0, 0.05) is 5.54 Å². The summed E-state index contributed by atoms with van der Waals surface area (Å²) < 4.78 is 68.3. The number of aryl methyl sites for hydroxylation is 1. The summed E-state index contributed by atoms with van der Waals surface area (Å²) in [7, 11) is -3.75. The van der Waals surface area contributed by atoms with Crippen molar-refractivity contribution >= 4 is 33.0 Å². The molecule has 0 saturated carbocycles. The first-order valence-electron chi connectivity index (χ1n) is 11.5. The highest BCUT2D eigenvalue weighted by Crippen LogP contribution is 2.39. The van der Waals surface area contributed by atoms with Crippen molar-refractivity contribution in [1.82, 2.24) is 4.72 Å². The van der Waals surface area contributed by atoms with Crippen molar-refractivity contribution in [3.05, 3.63) is 77.4 Å². The van der Waals surface area contributed by atoms with Crippen LogP contribution in [-0.4, -0.2) is 25.6 Å². The molecule has 3 aromatic carbocycles. The SMILES string of the molecule is Cc1cc2c(cc1C(F)(F)F)NC(=O)CC(c1cccc(-c3cccc(S(=O)(=O)NC(C)(C)C)c3)c1)=N2. The zero-order valence-corrected chi connectivity index (χ0v) is 21.5. The molecule has 1 aliphatic heterocycles. The quantitative estimate of drug-likeness (QED) is 0.421. The van der Waals surface area contributed by atoms with E-state index in [1.165, 1.54) is 19.1 Å². The van der Waals surface area contributed by atoms with E-state index in [4.69, 9.17) is 0 Å². The summed E-state index contributed by atoms with van der Waals surface area (Å²) in [5, 5.41) is 2.52. The Kier molecular flexibility index (Phi) is 6.76. The van der Waals surface area contributed by atoms with E-state index in [2.05, 4.69) is 15.0 Å². The number of alkyl halides is 3. The van der Waals surface area contributed by atoms with Gasteiger partial charge in [-0.25, -0.2) is 13.1 Å². The van der Waals surface area contributed by atoms with Crippen LogP contribution in [0.25, 0.3) is 11.1 Å². The van der Waals surface area contributed by atoms with Crippen molar-refractivity contribution in [2.24, 2.45) is 4.99 Å². The van der Waals surface area contributed by atoms with Crippen molar-refractivity contribution in [2.45, 2.75) is 50.7 Å². The molecule has 0 unspecified atom stereocenters. The Hall–Kier alpha value is -3.50. The average Bonchev–Trinajstić information content (AvgIpc) is 2.94. The maximum atomic E-state index is 13.4. The molecule has 0 aliphatic carbocycles. The summed E-state index contributed by atoms with van der Waals surface area (Å²) >= 11 is 0. The number of hydrogen-bond acceptors (Lipinski definition) is 4. The number of amides is 1. The second-order valence-corrected chi connectivity index (χ2v) is 11.6. The van der Waals surface area contributed by atoms with Gasteiger partial charge in [-0.05, 0) is 80.3 Å². The third kappa shape index (κ3) is 6.08. The molecule has 0 radical (unpaired) electrons. The van der Waals surface area contributed by atoms with Crippen molar-refractivity contribution in [3.63, 3.8) is 0 Å². The Bertz CT molecular complexity index is 1520. The van der Waals surface area contributed by atoms with Crippen LogP contribution in [-0.2, 0) is 21.0 Å². The molecule has 3 aromatic rings. The lowest BCUT2D eigenvalue weighted by atomic mass is 9.99. The van der Waals surface area contributed by atoms with Crippen LogP contribution < -0.4 is 10.0 Å². The van der Waals surface area contributed by atoms with Crippen LogP contribution in [0.1, 0.15) is 43.9 Å². The maximum Gasteiger partial charge on any atom is 0.416 e. The van der Waals surface area contributed by atoms with E-state index in [1.54, 1.807) is 63.2 Å². The zero-order chi connectivity index (χ0) is 27.2. The van der Waals surface area contributed by atoms with Crippen LogP contribution in [0, 0.1) is 6.92 Å². The molecule has 1 amide bonds. The fourth-order valence-electron chi connectivity index (χ4n) is 4.07.